The van der Waals surface area contributed by atoms with Crippen molar-refractivity contribution < 1.29 is 9.59 Å². The average Bonchev–Trinajstić information content (AvgIpc) is 3.00. The largest absolute Gasteiger partial charge is 0.325 e. The van der Waals surface area contributed by atoms with E-state index in [1.54, 1.807) is 24.3 Å². The van der Waals surface area contributed by atoms with Crippen LogP contribution in [0.15, 0.2) is 65.6 Å². The second-order valence-corrected chi connectivity index (χ2v) is 8.84. The van der Waals surface area contributed by atoms with Gasteiger partial charge in [-0.1, -0.05) is 95.7 Å². The van der Waals surface area contributed by atoms with Crippen molar-refractivity contribution >= 4 is 75.1 Å². The lowest BCUT2D eigenvalue weighted by molar-refractivity contribution is -0.122. The van der Waals surface area contributed by atoms with Gasteiger partial charge in [0.2, 0.25) is 5.91 Å². The van der Waals surface area contributed by atoms with Gasteiger partial charge in [0.05, 0.1) is 20.6 Å². The van der Waals surface area contributed by atoms with E-state index >= 15 is 0 Å². The van der Waals surface area contributed by atoms with Crippen LogP contribution in [0.1, 0.15) is 18.4 Å². The Morgan fingerprint density at radius 3 is 2.67 bits per heavy atom. The second-order valence-electron chi connectivity index (χ2n) is 6.38. The zero-order chi connectivity index (χ0) is 21.5. The van der Waals surface area contributed by atoms with Crippen LogP contribution < -0.4 is 5.32 Å². The normalized spacial score (nSPS) is 15.4. The molecular weight excluding hydrogens is 459 g/mol. The van der Waals surface area contributed by atoms with Gasteiger partial charge in [0, 0.05) is 13.0 Å². The molecule has 1 N–H and O–H groups in total. The average molecular weight is 477 g/mol. The number of nitrogens with one attached hydrogen (secondary N) is 1. The number of rotatable bonds is 7. The van der Waals surface area contributed by atoms with E-state index in [4.69, 9.17) is 35.4 Å². The molecule has 0 atom stereocenters. The number of carbonyl (C=O) groups is 2. The van der Waals surface area contributed by atoms with Crippen LogP contribution in [-0.2, 0) is 9.59 Å². The number of benzene rings is 2. The van der Waals surface area contributed by atoms with Crippen molar-refractivity contribution in [1.29, 1.82) is 0 Å². The number of anilines is 1. The number of carbonyl (C=O) groups excluding carboxylic acids is 2. The Labute approximate surface area is 194 Å². The van der Waals surface area contributed by atoms with Crippen molar-refractivity contribution in [2.75, 3.05) is 11.9 Å². The minimum Gasteiger partial charge on any atom is -0.325 e. The number of hydrogen-bond donors (Lipinski definition) is 1. The van der Waals surface area contributed by atoms with Gasteiger partial charge in [0.15, 0.2) is 0 Å². The van der Waals surface area contributed by atoms with Crippen molar-refractivity contribution in [1.82, 2.24) is 4.90 Å². The summed E-state index contributed by atoms with van der Waals surface area (Å²) in [6.45, 7) is 0.376. The van der Waals surface area contributed by atoms with Gasteiger partial charge in [0.1, 0.15) is 4.32 Å². The van der Waals surface area contributed by atoms with Gasteiger partial charge in [-0.2, -0.15) is 0 Å². The molecule has 154 valence electrons. The predicted octanol–water partition coefficient (Wildman–Crippen LogP) is 6.17. The molecule has 0 aromatic heterocycles. The molecule has 0 spiro atoms. The summed E-state index contributed by atoms with van der Waals surface area (Å²) in [4.78, 5) is 26.9. The van der Waals surface area contributed by atoms with Crippen molar-refractivity contribution in [2.24, 2.45) is 0 Å². The Kier molecular flexibility index (Phi) is 8.10. The molecule has 1 saturated heterocycles. The molecule has 2 amide bonds. The molecule has 4 nitrogen and oxygen atoms in total. The molecule has 30 heavy (non-hydrogen) atoms. The zero-order valence-corrected chi connectivity index (χ0v) is 19.0. The van der Waals surface area contributed by atoms with Gasteiger partial charge in [-0.25, -0.2) is 0 Å². The van der Waals surface area contributed by atoms with Crippen LogP contribution in [0.5, 0.6) is 0 Å². The number of thioether (sulfide) groups is 1. The highest BCUT2D eigenvalue weighted by Crippen LogP contribution is 2.32. The SMILES string of the molecule is O=C(CCCN1C(=O)/C(=C/C=C/c2ccccc2)SC1=S)Nc1cccc(Cl)c1Cl. The second kappa shape index (κ2) is 10.8. The predicted molar refractivity (Wildman–Crippen MR) is 130 cm³/mol. The van der Waals surface area contributed by atoms with Crippen LogP contribution in [0, 0.1) is 0 Å². The molecule has 0 saturated carbocycles. The molecule has 0 bridgehead atoms. The van der Waals surface area contributed by atoms with E-state index in [9.17, 15) is 9.59 Å². The Morgan fingerprint density at radius 1 is 1.13 bits per heavy atom. The lowest BCUT2D eigenvalue weighted by Crippen LogP contribution is -2.29. The van der Waals surface area contributed by atoms with Crippen LogP contribution in [0.25, 0.3) is 6.08 Å². The van der Waals surface area contributed by atoms with Crippen LogP contribution >= 0.6 is 47.2 Å². The van der Waals surface area contributed by atoms with Crippen LogP contribution in [-0.4, -0.2) is 27.6 Å². The molecule has 1 aliphatic heterocycles. The summed E-state index contributed by atoms with van der Waals surface area (Å²) in [6.07, 6.45) is 6.23. The van der Waals surface area contributed by atoms with Gasteiger partial charge in [0.25, 0.3) is 5.91 Å². The summed E-state index contributed by atoms with van der Waals surface area (Å²) in [6, 6.07) is 14.9. The molecule has 8 heteroatoms. The van der Waals surface area contributed by atoms with E-state index in [0.29, 0.717) is 37.9 Å². The van der Waals surface area contributed by atoms with Gasteiger partial charge in [-0.15, -0.1) is 0 Å². The fraction of sp³-hybridized carbons (Fsp3) is 0.136. The first kappa shape index (κ1) is 22.6. The van der Waals surface area contributed by atoms with E-state index in [1.807, 2.05) is 42.5 Å². The monoisotopic (exact) mass is 476 g/mol. The first-order valence-electron chi connectivity index (χ1n) is 9.16. The summed E-state index contributed by atoms with van der Waals surface area (Å²) in [5.74, 6) is -0.341. The highest BCUT2D eigenvalue weighted by atomic mass is 35.5. The smallest absolute Gasteiger partial charge is 0.266 e. The van der Waals surface area contributed by atoms with Gasteiger partial charge < -0.3 is 5.32 Å². The van der Waals surface area contributed by atoms with E-state index < -0.39 is 0 Å². The maximum atomic E-state index is 12.6. The Morgan fingerprint density at radius 2 is 1.90 bits per heavy atom. The van der Waals surface area contributed by atoms with Gasteiger partial charge >= 0.3 is 0 Å². The van der Waals surface area contributed by atoms with E-state index in [-0.39, 0.29) is 18.2 Å². The Bertz CT molecular complexity index is 1020. The summed E-state index contributed by atoms with van der Waals surface area (Å²) in [5, 5.41) is 3.41. The number of hydrogen-bond acceptors (Lipinski definition) is 4. The highest BCUT2D eigenvalue weighted by Gasteiger charge is 2.31. The summed E-state index contributed by atoms with van der Waals surface area (Å²) >= 11 is 18.6. The molecule has 1 heterocycles. The molecule has 0 aliphatic carbocycles. The van der Waals surface area contributed by atoms with Crippen LogP contribution in [0.4, 0.5) is 5.69 Å². The van der Waals surface area contributed by atoms with Gasteiger partial charge in [-0.05, 0) is 30.2 Å². The van der Waals surface area contributed by atoms with Crippen LogP contribution in [0.2, 0.25) is 10.0 Å². The number of amides is 2. The fourth-order valence-corrected chi connectivity index (χ4v) is 4.34. The number of nitrogens with zero attached hydrogens (tertiary/aromatic N) is 1. The maximum absolute atomic E-state index is 12.6. The van der Waals surface area contributed by atoms with Crippen LogP contribution in [0.3, 0.4) is 0 Å². The van der Waals surface area contributed by atoms with Crippen molar-refractivity contribution in [3.63, 3.8) is 0 Å². The molecule has 2 aromatic carbocycles. The first-order valence-corrected chi connectivity index (χ1v) is 11.1. The molecule has 1 fully saturated rings. The van der Waals surface area contributed by atoms with Gasteiger partial charge in [-0.3, -0.25) is 14.5 Å². The standard InChI is InChI=1S/C22H18Cl2N2O2S2/c23-16-10-5-11-17(20(16)24)25-19(27)13-6-14-26-21(28)18(30-22(26)29)12-4-9-15-7-2-1-3-8-15/h1-5,7-12H,6,13-14H2,(H,25,27)/b9-4+,18-12-. The zero-order valence-electron chi connectivity index (χ0n) is 15.8. The summed E-state index contributed by atoms with van der Waals surface area (Å²) < 4.78 is 0.498. The molecule has 1 aliphatic rings. The highest BCUT2D eigenvalue weighted by molar-refractivity contribution is 8.26. The summed E-state index contributed by atoms with van der Waals surface area (Å²) in [7, 11) is 0. The van der Waals surface area contributed by atoms with E-state index in [1.165, 1.54) is 16.7 Å². The number of allylic oxidation sites excluding steroid dienone is 2. The topological polar surface area (TPSA) is 49.4 Å². The molecular formula is C22H18Cl2N2O2S2. The minimum atomic E-state index is -0.203. The molecule has 2 aromatic rings. The van der Waals surface area contributed by atoms with Crippen molar-refractivity contribution in [3.05, 3.63) is 81.2 Å². The number of halogens is 2. The lowest BCUT2D eigenvalue weighted by atomic mass is 10.2. The third kappa shape index (κ3) is 5.95. The quantitative estimate of drug-likeness (QED) is 0.383. The molecule has 3 rings (SSSR count). The Hall–Kier alpha value is -2.12. The Balaban J connectivity index is 1.50. The molecule has 0 unspecified atom stereocenters. The lowest BCUT2D eigenvalue weighted by Gasteiger charge is -2.14. The van der Waals surface area contributed by atoms with E-state index in [0.717, 1.165) is 5.56 Å². The molecule has 0 radical (unpaired) electrons. The maximum Gasteiger partial charge on any atom is 0.266 e. The van der Waals surface area contributed by atoms with Crippen molar-refractivity contribution in [3.8, 4) is 0 Å². The fourth-order valence-electron chi connectivity index (χ4n) is 2.73. The minimum absolute atomic E-state index is 0.138. The summed E-state index contributed by atoms with van der Waals surface area (Å²) in [5.41, 5.74) is 1.52. The third-order valence-corrected chi connectivity index (χ3v) is 6.44. The first-order chi connectivity index (χ1) is 14.5. The third-order valence-electron chi connectivity index (χ3n) is 4.22. The van der Waals surface area contributed by atoms with E-state index in [2.05, 4.69) is 5.32 Å². The van der Waals surface area contributed by atoms with Crippen molar-refractivity contribution in [2.45, 2.75) is 12.8 Å². The number of thiocarbonyl (C=S) groups is 1.